The van der Waals surface area contributed by atoms with Crippen LogP contribution in [0.15, 0.2) is 138 Å². The van der Waals surface area contributed by atoms with E-state index in [1.165, 1.54) is 28.7 Å². The predicted octanol–water partition coefficient (Wildman–Crippen LogP) is 15.8. The normalized spacial score (nSPS) is 17.1. The number of hydrogen-bond acceptors (Lipinski definition) is 23. The average Bonchev–Trinajstić information content (AvgIpc) is 0.772. The van der Waals surface area contributed by atoms with Crippen LogP contribution in [0.4, 0.5) is 22.7 Å². The van der Waals surface area contributed by atoms with Gasteiger partial charge in [-0.1, -0.05) is 75.1 Å². The lowest BCUT2D eigenvalue weighted by Crippen LogP contribution is -2.45. The lowest BCUT2D eigenvalue weighted by atomic mass is 9.97. The fourth-order valence-corrected chi connectivity index (χ4v) is 15.1. The van der Waals surface area contributed by atoms with Gasteiger partial charge in [-0.25, -0.2) is 9.78 Å². The molecule has 1 aromatic heterocycles. The number of carboxylic acid groups (broad SMARTS) is 1. The van der Waals surface area contributed by atoms with E-state index < -0.39 is 15.8 Å². The number of non-ortho nitro benzene ring substituents is 2. The van der Waals surface area contributed by atoms with Crippen molar-refractivity contribution in [3.8, 4) is 28.7 Å². The highest BCUT2D eigenvalue weighted by atomic mass is 127. The maximum Gasteiger partial charge on any atom is 0.337 e. The summed E-state index contributed by atoms with van der Waals surface area (Å²) >= 11 is 7.55. The number of likely N-dealkylation sites (tertiary alicyclic amines) is 3. The number of nitrogens with two attached hydrogens (primary N) is 2. The molecule has 3 amide bonds. The van der Waals surface area contributed by atoms with E-state index in [9.17, 15) is 49.0 Å². The molecule has 125 heavy (non-hydrogen) atoms. The summed E-state index contributed by atoms with van der Waals surface area (Å²) in [6, 6.07) is 38.1. The number of ether oxygens (including phenoxy) is 8. The quantitative estimate of drug-likeness (QED) is 0.0150. The summed E-state index contributed by atoms with van der Waals surface area (Å²) in [6.07, 6.45) is 14.1. The van der Waals surface area contributed by atoms with E-state index in [4.69, 9.17) is 71.2 Å². The number of rotatable bonds is 16. The van der Waals surface area contributed by atoms with Crippen LogP contribution < -0.4 is 41.3 Å². The van der Waals surface area contributed by atoms with Crippen LogP contribution >= 0.6 is 46.6 Å². The highest BCUT2D eigenvalue weighted by Gasteiger charge is 2.34. The molecule has 8 aliphatic rings. The largest absolute Gasteiger partial charge is 0.490 e. The fraction of sp³-hybridized carbons (Fsp3) is 0.533. The molecule has 8 fully saturated rings. The van der Waals surface area contributed by atoms with Crippen LogP contribution in [0, 0.1) is 64.7 Å². The van der Waals surface area contributed by atoms with Gasteiger partial charge in [-0.05, 0) is 211 Å². The molecule has 15 rings (SSSR count). The van der Waals surface area contributed by atoms with Crippen LogP contribution in [-0.2, 0) is 38.1 Å². The molecule has 0 radical (unpaired) electrons. The maximum absolute atomic E-state index is 13.2. The van der Waals surface area contributed by atoms with Gasteiger partial charge < -0.3 is 79.6 Å². The lowest BCUT2D eigenvalue weighted by molar-refractivity contribution is -0.385. The van der Waals surface area contributed by atoms with Crippen LogP contribution in [0.25, 0.3) is 16.6 Å². The van der Waals surface area contributed by atoms with Crippen LogP contribution in [0.2, 0.25) is 0 Å². The molecule has 0 bridgehead atoms. The number of aliphatic hydroxyl groups excluding tert-OH is 1. The zero-order valence-corrected chi connectivity index (χ0v) is 74.1. The third-order valence-corrected chi connectivity index (χ3v) is 22.0. The Kier molecular flexibility index (Phi) is 49.6. The number of benzene rings is 6. The summed E-state index contributed by atoms with van der Waals surface area (Å²) < 4.78 is 47.7. The molecular weight excluding hydrogens is 1760 g/mol. The monoisotopic (exact) mass is 1890 g/mol. The first-order chi connectivity index (χ1) is 58.4. The standard InChI is InChI=1S/C27H31N3O4.C17H22N2O5.C17H24N2O3.C11H14N2O3.C8H9NO2.C6H9ClO2.C2H5I.CH4O.3CH4.ClH/c1-18-3-8-25-24(17-18)27(32)30(19(2)28-25)21-4-6-22(7-5-21)34-23-9-13-29(14-10-23)26(31)20-11-15-33-16-12-20;20-17(13-7-11-23-12-8-13)18-9-5-16(6-10-18)24-15-3-1-14(2-4-15)19(21)22;18-14-1-3-15(4-2-14)22-16-5-9-19(10-6-16)17(20)13-7-11-21-12-8-13;14-13(15)9-1-3-10(4-2-9)16-11-5-7-12-8-6-11;1-5-2-3-7(9)6(4-5)8(10)11;7-6(8)5-1-3-9-4-2-5;1-2-3;1-2;;;;/h3-8,17,20,23H,9-16H2,1-2H3;1-4,13,16H,5-12H2;1-4,13,16H,5-12,18H2;1-4,11-12H,5-8H2;2-4H,9H2,1H3,(H,10,11);5H,1-4H2;2H2,1H3;2H,1H3;3*1H4;1H. The van der Waals surface area contributed by atoms with Gasteiger partial charge in [0.2, 0.25) is 23.0 Å². The molecule has 7 aromatic rings. The van der Waals surface area contributed by atoms with Crippen molar-refractivity contribution in [2.24, 2.45) is 23.7 Å². The summed E-state index contributed by atoms with van der Waals surface area (Å²) in [5.41, 5.74) is 15.8. The molecule has 8 saturated heterocycles. The highest BCUT2D eigenvalue weighted by Crippen LogP contribution is 2.30. The summed E-state index contributed by atoms with van der Waals surface area (Å²) in [6.45, 7) is 19.7. The number of amides is 3. The molecule has 8 aliphatic heterocycles. The highest BCUT2D eigenvalue weighted by molar-refractivity contribution is 14.1. The van der Waals surface area contributed by atoms with Gasteiger partial charge in [0.25, 0.3) is 16.9 Å². The number of alkyl halides is 1. The van der Waals surface area contributed by atoms with Crippen LogP contribution in [-0.4, -0.2) is 214 Å². The number of fused-ring (bicyclic) bond motifs is 1. The van der Waals surface area contributed by atoms with Crippen molar-refractivity contribution in [1.82, 2.24) is 29.6 Å². The Morgan fingerprint density at radius 2 is 0.808 bits per heavy atom. The van der Waals surface area contributed by atoms with E-state index in [-0.39, 0.29) is 122 Å². The van der Waals surface area contributed by atoms with Crippen molar-refractivity contribution in [1.29, 1.82) is 0 Å². The minimum Gasteiger partial charge on any atom is -0.490 e. The Labute approximate surface area is 760 Å². The third kappa shape index (κ3) is 35.4. The van der Waals surface area contributed by atoms with Gasteiger partial charge in [-0.15, -0.1) is 12.4 Å². The summed E-state index contributed by atoms with van der Waals surface area (Å²) in [4.78, 5) is 103. The van der Waals surface area contributed by atoms with E-state index in [1.54, 1.807) is 47.0 Å². The van der Waals surface area contributed by atoms with Crippen molar-refractivity contribution in [3.05, 3.63) is 187 Å². The number of nitrogens with zero attached hydrogens (tertiary/aromatic N) is 7. The van der Waals surface area contributed by atoms with E-state index in [0.29, 0.717) is 106 Å². The lowest BCUT2D eigenvalue weighted by Gasteiger charge is -2.35. The first-order valence-electron chi connectivity index (χ1n) is 41.7. The van der Waals surface area contributed by atoms with Gasteiger partial charge in [-0.3, -0.25) is 48.8 Å². The maximum atomic E-state index is 13.2. The van der Waals surface area contributed by atoms with Crippen molar-refractivity contribution >= 4 is 109 Å². The number of aryl methyl sites for hydroxylation is 3. The molecular formula is C92H131Cl2IN10O20. The smallest absolute Gasteiger partial charge is 0.337 e. The molecule has 690 valence electrons. The molecule has 0 unspecified atom stereocenters. The molecule has 33 heteroatoms. The van der Waals surface area contributed by atoms with Crippen LogP contribution in [0.3, 0.4) is 0 Å². The first-order valence-corrected chi connectivity index (χ1v) is 43.6. The van der Waals surface area contributed by atoms with Crippen molar-refractivity contribution < 1.29 is 81.9 Å². The third-order valence-electron chi connectivity index (χ3n) is 21.7. The van der Waals surface area contributed by atoms with Gasteiger partial charge in [0.05, 0.1) is 32.0 Å². The Bertz CT molecular complexity index is 4430. The number of nitrogen functional groups attached to an aromatic ring is 2. The molecule has 0 spiro atoms. The van der Waals surface area contributed by atoms with Crippen LogP contribution in [0.1, 0.15) is 159 Å². The number of carbonyl (C=O) groups is 5. The van der Waals surface area contributed by atoms with E-state index in [1.807, 2.05) is 102 Å². The number of piperidine rings is 4. The molecule has 6 aromatic carbocycles. The Hall–Kier alpha value is -9.32. The topological polar surface area (TPSA) is 395 Å². The SMILES string of the molecule is C.C.C.CCI.CO.Cc1ccc(N)c(C(=O)O)c1.Cc1ccc2nc(C)n(-c3ccc(OC4CCN(C(=O)C5CCOCC5)CC4)cc3)c(=O)c2c1.Cl.Nc1ccc(OC2CCN(C(=O)C3CCOCC3)CC2)cc1.O=C(C1CCOCC1)N1CCC(Oc2ccc([N+](=O)[O-])cc2)CC1.O=C(Cl)C1CCOCC1.O=[N+]([O-])c1ccc(OC2CCNCC2)cc1. The van der Waals surface area contributed by atoms with Crippen molar-refractivity contribution in [3.63, 3.8) is 0 Å². The van der Waals surface area contributed by atoms with Gasteiger partial charge in [0.1, 0.15) is 53.2 Å². The summed E-state index contributed by atoms with van der Waals surface area (Å²) in [5, 5.41) is 40.4. The number of carbonyl (C=O) groups excluding carboxylic acids is 4. The van der Waals surface area contributed by atoms with Crippen LogP contribution in [0.5, 0.6) is 23.0 Å². The Morgan fingerprint density at radius 1 is 0.496 bits per heavy atom. The van der Waals surface area contributed by atoms with Crippen molar-refractivity contribution in [2.45, 2.75) is 177 Å². The number of nitro benzene ring substituents is 2. The second kappa shape index (κ2) is 57.4. The molecule has 0 saturated carbocycles. The molecule has 0 aliphatic carbocycles. The zero-order valence-electron chi connectivity index (χ0n) is 70.3. The van der Waals surface area contributed by atoms with Gasteiger partial charge in [-0.2, -0.15) is 0 Å². The number of hydrogen-bond donors (Lipinski definition) is 5. The molecule has 30 nitrogen and oxygen atoms in total. The number of halogens is 3. The predicted molar refractivity (Wildman–Crippen MR) is 499 cm³/mol. The molecule has 0 atom stereocenters. The van der Waals surface area contributed by atoms with Gasteiger partial charge in [0, 0.05) is 197 Å². The first kappa shape index (κ1) is 108. The van der Waals surface area contributed by atoms with E-state index >= 15 is 0 Å². The second-order valence-corrected chi connectivity index (χ2v) is 32.3. The number of carboxylic acids is 1. The van der Waals surface area contributed by atoms with Gasteiger partial charge in [0.15, 0.2) is 0 Å². The number of aromatic carboxylic acids is 1. The Morgan fingerprint density at radius 3 is 1.13 bits per heavy atom. The summed E-state index contributed by atoms with van der Waals surface area (Å²) in [7, 11) is 1.00. The number of nitro groups is 2. The molecule has 9 heterocycles. The number of aromatic nitrogens is 2. The summed E-state index contributed by atoms with van der Waals surface area (Å²) in [5.74, 6) is 3.87. The number of aliphatic hydroxyl groups is 1. The minimum atomic E-state index is -0.980. The average molecular weight is 1890 g/mol. The Balaban J connectivity index is 0.000000323. The number of anilines is 2. The van der Waals surface area contributed by atoms with E-state index in [2.05, 4.69) is 39.8 Å². The molecule has 7 N–H and O–H groups in total. The number of nitrogens with one attached hydrogen (secondary N) is 1. The minimum absolute atomic E-state index is 0. The fourth-order valence-electron chi connectivity index (χ4n) is 14.9. The van der Waals surface area contributed by atoms with Gasteiger partial charge >= 0.3 is 5.97 Å². The van der Waals surface area contributed by atoms with Crippen molar-refractivity contribution in [2.75, 3.05) is 128 Å². The second-order valence-electron chi connectivity index (χ2n) is 30.4. The van der Waals surface area contributed by atoms with E-state index in [0.717, 1.165) is 183 Å². The zero-order chi connectivity index (χ0) is 87.2.